The Balaban J connectivity index is 2.11. The van der Waals surface area contributed by atoms with E-state index in [4.69, 9.17) is 11.6 Å². The van der Waals surface area contributed by atoms with Crippen LogP contribution in [0.1, 0.15) is 10.7 Å². The van der Waals surface area contributed by atoms with Crippen molar-refractivity contribution in [1.82, 2.24) is 9.55 Å². The molecule has 0 aliphatic carbocycles. The maximum atomic E-state index is 13.3. The van der Waals surface area contributed by atoms with Crippen molar-refractivity contribution in [2.24, 2.45) is 0 Å². The second-order valence-corrected chi connectivity index (χ2v) is 6.61. The maximum absolute atomic E-state index is 13.3. The van der Waals surface area contributed by atoms with Crippen LogP contribution in [0.15, 0.2) is 34.1 Å². The topological polar surface area (TPSA) is 17.8 Å². The van der Waals surface area contributed by atoms with Crippen molar-refractivity contribution in [3.8, 4) is 0 Å². The molecule has 0 N–H and O–H groups in total. The number of benzene rings is 1. The largest absolute Gasteiger partial charge is 0.323 e. The first-order valence-corrected chi connectivity index (χ1v) is 8.32. The molecule has 2 aromatic heterocycles. The summed E-state index contributed by atoms with van der Waals surface area (Å²) >= 11 is 11.1. The van der Waals surface area contributed by atoms with Crippen LogP contribution in [-0.4, -0.2) is 15.4 Å². The van der Waals surface area contributed by atoms with Gasteiger partial charge in [-0.1, -0.05) is 0 Å². The first-order chi connectivity index (χ1) is 9.69. The van der Waals surface area contributed by atoms with E-state index >= 15 is 0 Å². The van der Waals surface area contributed by atoms with E-state index in [0.717, 1.165) is 15.8 Å². The van der Waals surface area contributed by atoms with Crippen LogP contribution in [0.5, 0.6) is 0 Å². The van der Waals surface area contributed by atoms with Gasteiger partial charge in [0.2, 0.25) is 0 Å². The normalized spacial score (nSPS) is 11.3. The number of alkyl halides is 1. The van der Waals surface area contributed by atoms with Crippen molar-refractivity contribution >= 4 is 49.9 Å². The molecule has 3 aromatic rings. The molecule has 0 spiro atoms. The number of hydrogen-bond acceptors (Lipinski definition) is 2. The van der Waals surface area contributed by atoms with E-state index < -0.39 is 0 Å². The highest BCUT2D eigenvalue weighted by Crippen LogP contribution is 2.26. The van der Waals surface area contributed by atoms with Gasteiger partial charge in [-0.15, -0.1) is 22.9 Å². The number of halogens is 3. The van der Waals surface area contributed by atoms with Crippen molar-refractivity contribution < 1.29 is 4.39 Å². The van der Waals surface area contributed by atoms with E-state index in [0.29, 0.717) is 24.4 Å². The number of hydrogen-bond donors (Lipinski definition) is 0. The Kier molecular flexibility index (Phi) is 4.10. The summed E-state index contributed by atoms with van der Waals surface area (Å²) < 4.78 is 16.5. The third-order valence-corrected chi connectivity index (χ3v) is 5.20. The van der Waals surface area contributed by atoms with E-state index in [1.165, 1.54) is 17.0 Å². The first kappa shape index (κ1) is 14.0. The Hall–Kier alpha value is -0.910. The monoisotopic (exact) mass is 372 g/mol. The van der Waals surface area contributed by atoms with E-state index in [-0.39, 0.29) is 5.82 Å². The van der Waals surface area contributed by atoms with E-state index in [1.54, 1.807) is 17.4 Å². The van der Waals surface area contributed by atoms with Crippen molar-refractivity contribution in [3.05, 3.63) is 50.6 Å². The third-order valence-electron chi connectivity index (χ3n) is 3.10. The molecular formula is C14H11BrClFN2S. The molecular weight excluding hydrogens is 363 g/mol. The number of thiophene rings is 1. The van der Waals surface area contributed by atoms with Gasteiger partial charge in [0.25, 0.3) is 0 Å². The van der Waals surface area contributed by atoms with Gasteiger partial charge in [-0.2, -0.15) is 0 Å². The number of rotatable bonds is 4. The minimum Gasteiger partial charge on any atom is -0.323 e. The van der Waals surface area contributed by atoms with Gasteiger partial charge in [-0.3, -0.25) is 0 Å². The van der Waals surface area contributed by atoms with Crippen LogP contribution in [-0.2, 0) is 13.0 Å². The average Bonchev–Trinajstić information content (AvgIpc) is 2.96. The lowest BCUT2D eigenvalue weighted by molar-refractivity contribution is 0.629. The molecule has 0 aliphatic heterocycles. The molecule has 0 atom stereocenters. The highest BCUT2D eigenvalue weighted by atomic mass is 79.9. The Labute approximate surface area is 133 Å². The summed E-state index contributed by atoms with van der Waals surface area (Å²) in [7, 11) is 0. The Bertz CT molecular complexity index is 753. The molecule has 104 valence electrons. The zero-order chi connectivity index (χ0) is 14.1. The summed E-state index contributed by atoms with van der Waals surface area (Å²) in [5, 5.41) is 2.04. The van der Waals surface area contributed by atoms with E-state index in [1.807, 2.05) is 11.4 Å². The van der Waals surface area contributed by atoms with Crippen molar-refractivity contribution in [1.29, 1.82) is 0 Å². The summed E-state index contributed by atoms with van der Waals surface area (Å²) in [4.78, 5) is 5.71. The number of aromatic nitrogens is 2. The van der Waals surface area contributed by atoms with Crippen molar-refractivity contribution in [2.75, 3.05) is 5.88 Å². The van der Waals surface area contributed by atoms with Crippen molar-refractivity contribution in [2.45, 2.75) is 13.0 Å². The average molecular weight is 374 g/mol. The second kappa shape index (κ2) is 5.84. The summed E-state index contributed by atoms with van der Waals surface area (Å²) in [6.07, 6.45) is 0.668. The molecule has 1 aromatic carbocycles. The van der Waals surface area contributed by atoms with Crippen LogP contribution in [0.3, 0.4) is 0 Å². The third kappa shape index (κ3) is 2.62. The van der Waals surface area contributed by atoms with Crippen LogP contribution < -0.4 is 0 Å². The Morgan fingerprint density at radius 1 is 1.35 bits per heavy atom. The van der Waals surface area contributed by atoms with E-state index in [9.17, 15) is 4.39 Å². The molecule has 0 bridgehead atoms. The summed E-state index contributed by atoms with van der Waals surface area (Å²) in [5.41, 5.74) is 1.62. The van der Waals surface area contributed by atoms with Crippen LogP contribution in [0.2, 0.25) is 0 Å². The number of nitrogens with zero attached hydrogens (tertiary/aromatic N) is 2. The highest BCUT2D eigenvalue weighted by molar-refractivity contribution is 9.10. The van der Waals surface area contributed by atoms with Gasteiger partial charge >= 0.3 is 0 Å². The molecule has 0 amide bonds. The van der Waals surface area contributed by atoms with Gasteiger partial charge in [0.1, 0.15) is 11.6 Å². The lowest BCUT2D eigenvalue weighted by Gasteiger charge is -2.07. The molecule has 2 nitrogen and oxygen atoms in total. The second-order valence-electron chi connectivity index (χ2n) is 4.38. The molecule has 0 saturated carbocycles. The molecule has 2 heterocycles. The van der Waals surface area contributed by atoms with Crippen LogP contribution in [0.4, 0.5) is 4.39 Å². The molecule has 20 heavy (non-hydrogen) atoms. The predicted octanol–water partition coefficient (Wildman–Crippen LogP) is 4.83. The minimum atomic E-state index is -0.267. The highest BCUT2D eigenvalue weighted by Gasteiger charge is 2.13. The van der Waals surface area contributed by atoms with Gasteiger partial charge in [0.05, 0.1) is 17.6 Å². The quantitative estimate of drug-likeness (QED) is 0.599. The van der Waals surface area contributed by atoms with Gasteiger partial charge in [0.15, 0.2) is 0 Å². The first-order valence-electron chi connectivity index (χ1n) is 6.11. The number of fused-ring (bicyclic) bond motifs is 1. The van der Waals surface area contributed by atoms with Crippen molar-refractivity contribution in [3.63, 3.8) is 0 Å². The minimum absolute atomic E-state index is 0.267. The van der Waals surface area contributed by atoms with Crippen LogP contribution in [0.25, 0.3) is 11.0 Å². The fourth-order valence-corrected chi connectivity index (χ4v) is 3.82. The molecule has 0 aliphatic rings. The fourth-order valence-electron chi connectivity index (χ4n) is 2.19. The number of imidazole rings is 1. The summed E-state index contributed by atoms with van der Waals surface area (Å²) in [6, 6.07) is 6.73. The molecule has 0 fully saturated rings. The Morgan fingerprint density at radius 3 is 2.90 bits per heavy atom. The van der Waals surface area contributed by atoms with Gasteiger partial charge in [-0.25, -0.2) is 9.37 Å². The van der Waals surface area contributed by atoms with Gasteiger partial charge < -0.3 is 4.57 Å². The molecule has 0 saturated heterocycles. The zero-order valence-electron chi connectivity index (χ0n) is 10.4. The van der Waals surface area contributed by atoms with Gasteiger partial charge in [0, 0.05) is 27.7 Å². The predicted molar refractivity (Wildman–Crippen MR) is 85.2 cm³/mol. The van der Waals surface area contributed by atoms with E-state index in [2.05, 4.69) is 25.5 Å². The standard InChI is InChI=1S/C14H11BrClFN2S/c15-10-4-6-20-13(10)8-19-12-2-1-9(17)7-11(12)18-14(19)3-5-16/h1-2,4,6-7H,3,5,8H2. The summed E-state index contributed by atoms with van der Waals surface area (Å²) in [5.74, 6) is 1.12. The summed E-state index contributed by atoms with van der Waals surface area (Å²) in [6.45, 7) is 0.715. The SMILES string of the molecule is Fc1ccc2c(c1)nc(CCCl)n2Cc1sccc1Br. The van der Waals surface area contributed by atoms with Crippen LogP contribution in [0, 0.1) is 5.82 Å². The van der Waals surface area contributed by atoms with Crippen LogP contribution >= 0.6 is 38.9 Å². The smallest absolute Gasteiger partial charge is 0.125 e. The van der Waals surface area contributed by atoms with Gasteiger partial charge in [-0.05, 0) is 39.5 Å². The Morgan fingerprint density at radius 2 is 2.20 bits per heavy atom. The lowest BCUT2D eigenvalue weighted by atomic mass is 10.3. The molecule has 0 radical (unpaired) electrons. The maximum Gasteiger partial charge on any atom is 0.125 e. The molecule has 0 unspecified atom stereocenters. The molecule has 3 rings (SSSR count). The zero-order valence-corrected chi connectivity index (χ0v) is 13.6. The lowest BCUT2D eigenvalue weighted by Crippen LogP contribution is -2.05. The fraction of sp³-hybridized carbons (Fsp3) is 0.214. The number of aryl methyl sites for hydroxylation is 1. The molecule has 6 heteroatoms.